The van der Waals surface area contributed by atoms with Crippen LogP contribution < -0.4 is 10.2 Å². The van der Waals surface area contributed by atoms with Crippen molar-refractivity contribution in [2.45, 2.75) is 0 Å². The normalized spacial score (nSPS) is 10.7. The molecule has 0 heterocycles. The van der Waals surface area contributed by atoms with Crippen molar-refractivity contribution in [2.75, 3.05) is 6.61 Å². The predicted octanol–water partition coefficient (Wildman–Crippen LogP) is 4.10. The average molecular weight is 463 g/mol. The van der Waals surface area contributed by atoms with Crippen LogP contribution in [0.25, 0.3) is 0 Å². The van der Waals surface area contributed by atoms with Gasteiger partial charge in [-0.05, 0) is 52.3 Å². The maximum atomic E-state index is 11.6. The summed E-state index contributed by atoms with van der Waals surface area (Å²) in [5.74, 6) is 0.135. The summed E-state index contributed by atoms with van der Waals surface area (Å²) < 4.78 is 6.56. The van der Waals surface area contributed by atoms with Crippen LogP contribution in [-0.4, -0.2) is 23.8 Å². The molecule has 120 valence electrons. The van der Waals surface area contributed by atoms with Gasteiger partial charge in [-0.2, -0.15) is 5.10 Å². The SMILES string of the molecule is O=C(COc1ccc(Cl)cc1)N/N=C\c1cc(Br)cc(Br)c1O. The zero-order valence-corrected chi connectivity index (χ0v) is 15.5. The van der Waals surface area contributed by atoms with Crippen molar-refractivity contribution in [1.29, 1.82) is 0 Å². The van der Waals surface area contributed by atoms with Crippen molar-refractivity contribution in [3.05, 3.63) is 55.9 Å². The van der Waals surface area contributed by atoms with Gasteiger partial charge in [-0.3, -0.25) is 4.79 Å². The second-order valence-corrected chi connectivity index (χ2v) is 6.57. The van der Waals surface area contributed by atoms with Crippen molar-refractivity contribution in [1.82, 2.24) is 5.43 Å². The van der Waals surface area contributed by atoms with E-state index in [0.29, 0.717) is 20.8 Å². The third-order valence-electron chi connectivity index (χ3n) is 2.63. The van der Waals surface area contributed by atoms with Crippen molar-refractivity contribution in [3.63, 3.8) is 0 Å². The first-order valence-electron chi connectivity index (χ1n) is 6.34. The van der Waals surface area contributed by atoms with Gasteiger partial charge >= 0.3 is 0 Å². The molecule has 0 aliphatic heterocycles. The molecule has 0 radical (unpaired) electrons. The highest BCUT2D eigenvalue weighted by Gasteiger charge is 2.06. The Labute approximate surface area is 154 Å². The molecular formula is C15H11Br2ClN2O3. The molecular weight excluding hydrogens is 451 g/mol. The maximum absolute atomic E-state index is 11.6. The minimum Gasteiger partial charge on any atom is -0.506 e. The Hall–Kier alpha value is -1.57. The van der Waals surface area contributed by atoms with Crippen molar-refractivity contribution in [2.24, 2.45) is 5.10 Å². The molecule has 2 rings (SSSR count). The van der Waals surface area contributed by atoms with Gasteiger partial charge in [-0.15, -0.1) is 0 Å². The van der Waals surface area contributed by atoms with Crippen molar-refractivity contribution >= 4 is 55.6 Å². The molecule has 0 aromatic heterocycles. The van der Waals surface area contributed by atoms with Crippen LogP contribution in [0.2, 0.25) is 5.02 Å². The van der Waals surface area contributed by atoms with E-state index in [1.54, 1.807) is 36.4 Å². The van der Waals surface area contributed by atoms with Gasteiger partial charge in [-0.1, -0.05) is 27.5 Å². The summed E-state index contributed by atoms with van der Waals surface area (Å²) in [5, 5.41) is 14.2. The lowest BCUT2D eigenvalue weighted by Gasteiger charge is -2.05. The van der Waals surface area contributed by atoms with Gasteiger partial charge in [0.25, 0.3) is 5.91 Å². The third kappa shape index (κ3) is 5.53. The predicted molar refractivity (Wildman–Crippen MR) is 96.2 cm³/mol. The van der Waals surface area contributed by atoms with E-state index in [1.807, 2.05) is 0 Å². The summed E-state index contributed by atoms with van der Waals surface area (Å²) in [4.78, 5) is 11.6. The third-order valence-corrected chi connectivity index (χ3v) is 3.95. The number of carbonyl (C=O) groups excluding carboxylic acids is 1. The zero-order chi connectivity index (χ0) is 16.8. The van der Waals surface area contributed by atoms with E-state index in [9.17, 15) is 9.90 Å². The first-order chi connectivity index (χ1) is 11.0. The molecule has 0 unspecified atom stereocenters. The van der Waals surface area contributed by atoms with Crippen LogP contribution in [0.3, 0.4) is 0 Å². The minimum atomic E-state index is -0.426. The maximum Gasteiger partial charge on any atom is 0.277 e. The van der Waals surface area contributed by atoms with E-state index >= 15 is 0 Å². The standard InChI is InChI=1S/C15H11Br2ClN2O3/c16-10-5-9(15(22)13(17)6-10)7-19-20-14(21)8-23-12-3-1-11(18)2-4-12/h1-7,22H,8H2,(H,20,21)/b19-7-. The Bertz CT molecular complexity index is 736. The highest BCUT2D eigenvalue weighted by atomic mass is 79.9. The summed E-state index contributed by atoms with van der Waals surface area (Å²) in [5.41, 5.74) is 2.77. The zero-order valence-electron chi connectivity index (χ0n) is 11.6. The van der Waals surface area contributed by atoms with Gasteiger partial charge in [0.1, 0.15) is 11.5 Å². The fourth-order valence-corrected chi connectivity index (χ4v) is 2.95. The number of benzene rings is 2. The molecule has 2 aromatic rings. The molecule has 1 amide bonds. The van der Waals surface area contributed by atoms with E-state index in [2.05, 4.69) is 42.4 Å². The number of halogens is 3. The number of nitrogens with zero attached hydrogens (tertiary/aromatic N) is 1. The summed E-state index contributed by atoms with van der Waals surface area (Å²) in [7, 11) is 0. The molecule has 0 atom stereocenters. The fraction of sp³-hybridized carbons (Fsp3) is 0.0667. The van der Waals surface area contributed by atoms with Gasteiger partial charge < -0.3 is 9.84 Å². The van der Waals surface area contributed by atoms with E-state index in [-0.39, 0.29) is 12.4 Å². The van der Waals surface area contributed by atoms with Gasteiger partial charge in [0, 0.05) is 15.1 Å². The number of nitrogens with one attached hydrogen (secondary N) is 1. The largest absolute Gasteiger partial charge is 0.506 e. The van der Waals surface area contributed by atoms with Crippen LogP contribution >= 0.6 is 43.5 Å². The van der Waals surface area contributed by atoms with Gasteiger partial charge in [0.15, 0.2) is 6.61 Å². The lowest BCUT2D eigenvalue weighted by Crippen LogP contribution is -2.24. The molecule has 0 saturated heterocycles. The Morgan fingerprint density at radius 3 is 2.70 bits per heavy atom. The van der Waals surface area contributed by atoms with Crippen LogP contribution in [0, 0.1) is 0 Å². The van der Waals surface area contributed by atoms with E-state index in [0.717, 1.165) is 4.47 Å². The highest BCUT2D eigenvalue weighted by molar-refractivity contribution is 9.11. The monoisotopic (exact) mass is 460 g/mol. The number of phenols is 1. The van der Waals surface area contributed by atoms with Crippen LogP contribution in [0.15, 0.2) is 50.4 Å². The van der Waals surface area contributed by atoms with Crippen LogP contribution in [-0.2, 0) is 4.79 Å². The first-order valence-corrected chi connectivity index (χ1v) is 8.30. The molecule has 0 spiro atoms. The molecule has 5 nitrogen and oxygen atoms in total. The number of aromatic hydroxyl groups is 1. The number of phenolic OH excluding ortho intramolecular Hbond substituents is 1. The first kappa shape index (κ1) is 17.8. The Morgan fingerprint density at radius 2 is 2.00 bits per heavy atom. The molecule has 23 heavy (non-hydrogen) atoms. The Morgan fingerprint density at radius 1 is 1.30 bits per heavy atom. The molecule has 0 aliphatic carbocycles. The van der Waals surface area contributed by atoms with Crippen molar-refractivity contribution < 1.29 is 14.6 Å². The number of hydrogen-bond acceptors (Lipinski definition) is 4. The molecule has 0 fully saturated rings. The number of hydrazone groups is 1. The van der Waals surface area contributed by atoms with Crippen LogP contribution in [0.5, 0.6) is 11.5 Å². The molecule has 2 aromatic carbocycles. The molecule has 0 aliphatic rings. The smallest absolute Gasteiger partial charge is 0.277 e. The Kier molecular flexibility index (Phi) is 6.44. The average Bonchev–Trinajstić information content (AvgIpc) is 2.51. The molecule has 0 bridgehead atoms. The number of amides is 1. The number of rotatable bonds is 5. The number of carbonyl (C=O) groups is 1. The molecule has 0 saturated carbocycles. The van der Waals surface area contributed by atoms with Crippen LogP contribution in [0.1, 0.15) is 5.56 Å². The van der Waals surface area contributed by atoms with E-state index in [1.165, 1.54) is 6.21 Å². The second-order valence-electron chi connectivity index (χ2n) is 4.36. The highest BCUT2D eigenvalue weighted by Crippen LogP contribution is 2.30. The van der Waals surface area contributed by atoms with Crippen molar-refractivity contribution in [3.8, 4) is 11.5 Å². The van der Waals surface area contributed by atoms with Gasteiger partial charge in [-0.25, -0.2) is 5.43 Å². The summed E-state index contributed by atoms with van der Waals surface area (Å²) in [6.45, 7) is -0.187. The quantitative estimate of drug-likeness (QED) is 0.519. The number of ether oxygens (including phenoxy) is 1. The van der Waals surface area contributed by atoms with E-state index in [4.69, 9.17) is 16.3 Å². The summed E-state index contributed by atoms with van der Waals surface area (Å²) >= 11 is 12.3. The summed E-state index contributed by atoms with van der Waals surface area (Å²) in [6.07, 6.45) is 1.34. The van der Waals surface area contributed by atoms with Gasteiger partial charge in [0.05, 0.1) is 10.7 Å². The van der Waals surface area contributed by atoms with Gasteiger partial charge in [0.2, 0.25) is 0 Å². The lowest BCUT2D eigenvalue weighted by atomic mass is 10.2. The fourth-order valence-electron chi connectivity index (χ4n) is 1.57. The van der Waals surface area contributed by atoms with Crippen LogP contribution in [0.4, 0.5) is 0 Å². The number of hydrogen-bond donors (Lipinski definition) is 2. The topological polar surface area (TPSA) is 70.9 Å². The Balaban J connectivity index is 1.88. The second kappa shape index (κ2) is 8.33. The molecule has 2 N–H and O–H groups in total. The molecule has 8 heteroatoms. The van der Waals surface area contributed by atoms with E-state index < -0.39 is 5.91 Å². The summed E-state index contributed by atoms with van der Waals surface area (Å²) in [6, 6.07) is 10.0. The lowest BCUT2D eigenvalue weighted by molar-refractivity contribution is -0.123. The minimum absolute atomic E-state index is 0.0311.